The number of benzene rings is 1. The molecule has 1 saturated carbocycles. The third-order valence-corrected chi connectivity index (χ3v) is 6.42. The summed E-state index contributed by atoms with van der Waals surface area (Å²) in [4.78, 5) is 19.0. The van der Waals surface area contributed by atoms with E-state index in [9.17, 15) is 9.18 Å². The molecule has 1 aromatic carbocycles. The van der Waals surface area contributed by atoms with Gasteiger partial charge in [-0.3, -0.25) is 4.90 Å². The molecule has 7 nitrogen and oxygen atoms in total. The Balaban J connectivity index is 1.35. The highest BCUT2D eigenvalue weighted by Crippen LogP contribution is 2.45. The number of hydrogen-bond donors (Lipinski definition) is 1. The Morgan fingerprint density at radius 1 is 1.22 bits per heavy atom. The van der Waals surface area contributed by atoms with Gasteiger partial charge >= 0.3 is 6.09 Å². The number of carbonyl (C=O) groups is 1. The number of carbonyl (C=O) groups excluding carboxylic acids is 1. The lowest BCUT2D eigenvalue weighted by Gasteiger charge is -2.32. The maximum Gasteiger partial charge on any atom is 0.407 e. The minimum atomic E-state index is -0.495. The number of halogens is 1. The molecule has 2 heterocycles. The van der Waals surface area contributed by atoms with E-state index in [1.54, 1.807) is 0 Å². The van der Waals surface area contributed by atoms with Crippen molar-refractivity contribution in [2.45, 2.75) is 82.9 Å². The fourth-order valence-electron chi connectivity index (χ4n) is 4.80. The van der Waals surface area contributed by atoms with E-state index in [-0.39, 0.29) is 23.4 Å². The van der Waals surface area contributed by atoms with Crippen molar-refractivity contribution in [1.29, 1.82) is 0 Å². The molecular formula is C24H33FN4O3. The number of nitrogens with zero attached hydrogens (tertiary/aromatic N) is 3. The summed E-state index contributed by atoms with van der Waals surface area (Å²) in [6.45, 7) is 7.84. The third-order valence-electron chi connectivity index (χ3n) is 6.42. The van der Waals surface area contributed by atoms with Crippen molar-refractivity contribution in [2.75, 3.05) is 13.1 Å². The first-order valence-electron chi connectivity index (χ1n) is 11.5. The zero-order valence-corrected chi connectivity index (χ0v) is 19.2. The number of ether oxygens (including phenoxy) is 1. The molecule has 0 radical (unpaired) electrons. The summed E-state index contributed by atoms with van der Waals surface area (Å²) in [6, 6.07) is 6.82. The SMILES string of the molecule is CC(C)(C)OC(=O)NC1CCN(Cc2nc(C3(c4ccc(F)cc4)CCCC3)no2)CC1. The lowest BCUT2D eigenvalue weighted by Crippen LogP contribution is -2.45. The van der Waals surface area contributed by atoms with Crippen LogP contribution in [0.15, 0.2) is 28.8 Å². The van der Waals surface area contributed by atoms with Crippen LogP contribution in [-0.2, 0) is 16.7 Å². The smallest absolute Gasteiger partial charge is 0.407 e. The molecule has 2 aliphatic rings. The number of piperidine rings is 1. The highest BCUT2D eigenvalue weighted by Gasteiger charge is 2.41. The first kappa shape index (κ1) is 22.7. The Morgan fingerprint density at radius 2 is 1.88 bits per heavy atom. The van der Waals surface area contributed by atoms with E-state index in [0.717, 1.165) is 57.2 Å². The average Bonchev–Trinajstić information content (AvgIpc) is 3.39. The van der Waals surface area contributed by atoms with Gasteiger partial charge in [-0.15, -0.1) is 0 Å². The van der Waals surface area contributed by atoms with Gasteiger partial charge < -0.3 is 14.6 Å². The zero-order chi connectivity index (χ0) is 22.8. The van der Waals surface area contributed by atoms with Crippen LogP contribution < -0.4 is 5.32 Å². The number of amides is 1. The molecule has 0 spiro atoms. The fourth-order valence-corrected chi connectivity index (χ4v) is 4.80. The van der Waals surface area contributed by atoms with Crippen LogP contribution in [0.3, 0.4) is 0 Å². The Bertz CT molecular complexity index is 908. The second-order valence-electron chi connectivity index (χ2n) is 10.0. The lowest BCUT2D eigenvalue weighted by molar-refractivity contribution is 0.0475. The van der Waals surface area contributed by atoms with Crippen LogP contribution in [0, 0.1) is 5.82 Å². The maximum atomic E-state index is 13.4. The molecule has 0 unspecified atom stereocenters. The van der Waals surface area contributed by atoms with Gasteiger partial charge in [0.2, 0.25) is 5.89 Å². The monoisotopic (exact) mass is 444 g/mol. The summed E-state index contributed by atoms with van der Waals surface area (Å²) < 4.78 is 24.4. The van der Waals surface area contributed by atoms with Crippen LogP contribution in [0.2, 0.25) is 0 Å². The maximum absolute atomic E-state index is 13.4. The Kier molecular flexibility index (Phi) is 6.51. The molecule has 1 amide bonds. The number of nitrogens with one attached hydrogen (secondary N) is 1. The standard InChI is InChI=1S/C24H33FN4O3/c1-23(2,3)31-22(30)26-19-10-14-29(15-11-19)16-20-27-21(28-32-20)24(12-4-5-13-24)17-6-8-18(25)9-7-17/h6-9,19H,4-5,10-16H2,1-3H3,(H,26,30). The summed E-state index contributed by atoms with van der Waals surface area (Å²) in [7, 11) is 0. The predicted octanol–water partition coefficient (Wildman–Crippen LogP) is 4.56. The van der Waals surface area contributed by atoms with E-state index >= 15 is 0 Å². The quantitative estimate of drug-likeness (QED) is 0.728. The molecule has 1 aromatic heterocycles. The third kappa shape index (κ3) is 5.28. The van der Waals surface area contributed by atoms with Crippen molar-refractivity contribution in [2.24, 2.45) is 0 Å². The van der Waals surface area contributed by atoms with Crippen molar-refractivity contribution in [3.8, 4) is 0 Å². The number of rotatable bonds is 5. The molecular weight excluding hydrogens is 411 g/mol. The van der Waals surface area contributed by atoms with Gasteiger partial charge in [-0.1, -0.05) is 30.1 Å². The van der Waals surface area contributed by atoms with E-state index in [2.05, 4.69) is 15.4 Å². The molecule has 1 aliphatic carbocycles. The summed E-state index contributed by atoms with van der Waals surface area (Å²) in [5.41, 5.74) is 0.267. The Labute approximate surface area is 188 Å². The Hall–Kier alpha value is -2.48. The molecule has 0 atom stereocenters. The van der Waals surface area contributed by atoms with E-state index in [1.165, 1.54) is 12.1 Å². The topological polar surface area (TPSA) is 80.5 Å². The summed E-state index contributed by atoms with van der Waals surface area (Å²) in [5.74, 6) is 1.07. The molecule has 1 N–H and O–H groups in total. The zero-order valence-electron chi connectivity index (χ0n) is 19.2. The largest absolute Gasteiger partial charge is 0.444 e. The van der Waals surface area contributed by atoms with E-state index in [4.69, 9.17) is 14.2 Å². The molecule has 32 heavy (non-hydrogen) atoms. The van der Waals surface area contributed by atoms with Gasteiger partial charge in [0, 0.05) is 19.1 Å². The van der Waals surface area contributed by atoms with Crippen LogP contribution in [0.4, 0.5) is 9.18 Å². The summed E-state index contributed by atoms with van der Waals surface area (Å²) in [6.07, 6.45) is 5.41. The van der Waals surface area contributed by atoms with Gasteiger partial charge in [-0.25, -0.2) is 9.18 Å². The molecule has 2 aromatic rings. The van der Waals surface area contributed by atoms with Crippen LogP contribution in [0.25, 0.3) is 0 Å². The normalized spacial score (nSPS) is 19.8. The van der Waals surface area contributed by atoms with Crippen LogP contribution in [0.1, 0.15) is 76.6 Å². The molecule has 0 bridgehead atoms. The van der Waals surface area contributed by atoms with Crippen LogP contribution in [-0.4, -0.2) is 45.9 Å². The van der Waals surface area contributed by atoms with Gasteiger partial charge in [0.05, 0.1) is 12.0 Å². The first-order valence-corrected chi connectivity index (χ1v) is 11.5. The average molecular weight is 445 g/mol. The summed E-state index contributed by atoms with van der Waals surface area (Å²) in [5, 5.41) is 7.31. The Morgan fingerprint density at radius 3 is 2.50 bits per heavy atom. The molecule has 174 valence electrons. The van der Waals surface area contributed by atoms with Crippen LogP contribution >= 0.6 is 0 Å². The molecule has 4 rings (SSSR count). The van der Waals surface area contributed by atoms with Gasteiger partial charge in [-0.05, 0) is 64.2 Å². The van der Waals surface area contributed by atoms with Crippen molar-refractivity contribution in [3.63, 3.8) is 0 Å². The van der Waals surface area contributed by atoms with E-state index < -0.39 is 5.60 Å². The lowest BCUT2D eigenvalue weighted by atomic mass is 9.78. The van der Waals surface area contributed by atoms with Gasteiger partial charge in [0.15, 0.2) is 5.82 Å². The molecule has 1 saturated heterocycles. The predicted molar refractivity (Wildman–Crippen MR) is 118 cm³/mol. The summed E-state index contributed by atoms with van der Waals surface area (Å²) >= 11 is 0. The van der Waals surface area contributed by atoms with E-state index in [1.807, 2.05) is 32.9 Å². The van der Waals surface area contributed by atoms with Crippen molar-refractivity contribution in [3.05, 3.63) is 47.4 Å². The minimum absolute atomic E-state index is 0.111. The van der Waals surface area contributed by atoms with Crippen molar-refractivity contribution >= 4 is 6.09 Å². The number of likely N-dealkylation sites (tertiary alicyclic amines) is 1. The van der Waals surface area contributed by atoms with Crippen molar-refractivity contribution < 1.29 is 18.4 Å². The highest BCUT2D eigenvalue weighted by molar-refractivity contribution is 5.68. The first-order chi connectivity index (χ1) is 15.2. The highest BCUT2D eigenvalue weighted by atomic mass is 19.1. The van der Waals surface area contributed by atoms with Crippen LogP contribution in [0.5, 0.6) is 0 Å². The van der Waals surface area contributed by atoms with Crippen molar-refractivity contribution in [1.82, 2.24) is 20.4 Å². The number of alkyl carbamates (subject to hydrolysis) is 1. The minimum Gasteiger partial charge on any atom is -0.444 e. The van der Waals surface area contributed by atoms with Gasteiger partial charge in [-0.2, -0.15) is 4.98 Å². The molecule has 2 fully saturated rings. The van der Waals surface area contributed by atoms with Gasteiger partial charge in [0.1, 0.15) is 11.4 Å². The number of hydrogen-bond acceptors (Lipinski definition) is 6. The molecule has 8 heteroatoms. The molecule has 1 aliphatic heterocycles. The second kappa shape index (κ2) is 9.17. The second-order valence-corrected chi connectivity index (χ2v) is 10.0. The fraction of sp³-hybridized carbons (Fsp3) is 0.625. The van der Waals surface area contributed by atoms with E-state index in [0.29, 0.717) is 18.3 Å². The number of aromatic nitrogens is 2. The van der Waals surface area contributed by atoms with Gasteiger partial charge in [0.25, 0.3) is 0 Å².